The number of benzene rings is 1. The molecule has 32 heavy (non-hydrogen) atoms. The van der Waals surface area contributed by atoms with Crippen LogP contribution in [-0.2, 0) is 16.9 Å². The summed E-state index contributed by atoms with van der Waals surface area (Å²) in [7, 11) is 1.49. The Balaban J connectivity index is 1.64. The third kappa shape index (κ3) is 3.18. The summed E-state index contributed by atoms with van der Waals surface area (Å²) in [4.78, 5) is 29.6. The van der Waals surface area contributed by atoms with Crippen molar-refractivity contribution in [1.29, 1.82) is 0 Å². The van der Waals surface area contributed by atoms with Gasteiger partial charge in [-0.25, -0.2) is 13.2 Å². The highest BCUT2D eigenvalue weighted by atomic mass is 32.2. The van der Waals surface area contributed by atoms with Crippen molar-refractivity contribution in [1.82, 2.24) is 14.3 Å². The van der Waals surface area contributed by atoms with E-state index < -0.39 is 46.1 Å². The molecule has 3 aromatic heterocycles. The number of carbonyl (C=O) groups excluding carboxylic acids is 1. The molecular weight excluding hydrogens is 443 g/mol. The third-order valence-corrected chi connectivity index (χ3v) is 7.08. The fourth-order valence-corrected chi connectivity index (χ4v) is 5.64. The first kappa shape index (κ1) is 20.7. The van der Waals surface area contributed by atoms with Gasteiger partial charge in [-0.1, -0.05) is 0 Å². The summed E-state index contributed by atoms with van der Waals surface area (Å²) < 4.78 is 55.9. The summed E-state index contributed by atoms with van der Waals surface area (Å²) in [5, 5.41) is 0.106. The molecule has 0 aliphatic carbocycles. The van der Waals surface area contributed by atoms with Crippen molar-refractivity contribution in [3.63, 3.8) is 0 Å². The lowest BCUT2D eigenvalue weighted by molar-refractivity contribution is 0.0744. The summed E-state index contributed by atoms with van der Waals surface area (Å²) in [5.41, 5.74) is 0.545. The minimum Gasteiger partial charge on any atom is -0.616 e. The second kappa shape index (κ2) is 7.42. The molecule has 0 fully saturated rings. The highest BCUT2D eigenvalue weighted by Crippen LogP contribution is 2.36. The summed E-state index contributed by atoms with van der Waals surface area (Å²) in [6.07, 6.45) is 3.09. The Bertz CT molecular complexity index is 1470. The van der Waals surface area contributed by atoms with Crippen molar-refractivity contribution < 1.29 is 22.5 Å². The van der Waals surface area contributed by atoms with E-state index in [1.54, 1.807) is 6.20 Å². The zero-order valence-corrected chi connectivity index (χ0v) is 17.5. The van der Waals surface area contributed by atoms with Crippen LogP contribution in [0.3, 0.4) is 0 Å². The van der Waals surface area contributed by atoms with Crippen molar-refractivity contribution in [2.45, 2.75) is 11.8 Å². The van der Waals surface area contributed by atoms with Gasteiger partial charge in [0.15, 0.2) is 11.6 Å². The number of amides is 1. The molecule has 4 heterocycles. The van der Waals surface area contributed by atoms with E-state index in [-0.39, 0.29) is 33.4 Å². The van der Waals surface area contributed by atoms with Crippen LogP contribution in [0, 0.1) is 17.5 Å². The van der Waals surface area contributed by atoms with E-state index in [0.717, 1.165) is 12.1 Å². The highest BCUT2D eigenvalue weighted by Gasteiger charge is 2.37. The van der Waals surface area contributed by atoms with Crippen LogP contribution in [0.4, 0.5) is 13.2 Å². The molecule has 4 aromatic rings. The normalized spacial score (nSPS) is 18.2. The topological polar surface area (TPSA) is 80.6 Å². The van der Waals surface area contributed by atoms with Crippen molar-refractivity contribution >= 4 is 33.4 Å². The van der Waals surface area contributed by atoms with E-state index in [9.17, 15) is 27.3 Å². The number of pyridine rings is 2. The van der Waals surface area contributed by atoms with Gasteiger partial charge in [-0.15, -0.1) is 0 Å². The predicted molar refractivity (Wildman–Crippen MR) is 113 cm³/mol. The fourth-order valence-electron chi connectivity index (χ4n) is 4.23. The Morgan fingerprint density at radius 2 is 1.91 bits per heavy atom. The molecule has 1 N–H and O–H groups in total. The van der Waals surface area contributed by atoms with Gasteiger partial charge in [0.1, 0.15) is 23.4 Å². The number of rotatable bonds is 2. The standard InChI is InChI=1S/C22H16F3N3O3S/c1-27(22(30)11-5-18-14(23)3-2-4-28(18)8-11)19-10-32(31)9-17-20(19)12-6-15(24)16(25)7-13(12)21(29)26-17/h2-8,19H,9-10H2,1H3,(H,26,29)/t19-,32-/m0/s1. The Hall–Kier alpha value is -3.24. The number of carbonyl (C=O) groups is 1. The molecule has 1 aliphatic rings. The molecule has 0 saturated heterocycles. The van der Waals surface area contributed by atoms with Crippen LogP contribution in [0.15, 0.2) is 47.5 Å². The van der Waals surface area contributed by atoms with E-state index in [1.165, 1.54) is 40.7 Å². The zero-order chi connectivity index (χ0) is 22.7. The first-order valence-corrected chi connectivity index (χ1v) is 11.2. The first-order chi connectivity index (χ1) is 15.2. The van der Waals surface area contributed by atoms with Crippen molar-refractivity contribution in [2.75, 3.05) is 12.8 Å². The van der Waals surface area contributed by atoms with Gasteiger partial charge < -0.3 is 18.8 Å². The average Bonchev–Trinajstić information content (AvgIpc) is 3.19. The van der Waals surface area contributed by atoms with Crippen molar-refractivity contribution in [2.24, 2.45) is 0 Å². The molecule has 0 spiro atoms. The lowest BCUT2D eigenvalue weighted by atomic mass is 9.97. The van der Waals surface area contributed by atoms with E-state index >= 15 is 0 Å². The van der Waals surface area contributed by atoms with E-state index in [2.05, 4.69) is 4.98 Å². The van der Waals surface area contributed by atoms with Gasteiger partial charge in [0, 0.05) is 25.0 Å². The molecule has 1 aromatic carbocycles. The Kier molecular flexibility index (Phi) is 4.79. The summed E-state index contributed by atoms with van der Waals surface area (Å²) in [6.45, 7) is 0. The summed E-state index contributed by atoms with van der Waals surface area (Å²) in [5.74, 6) is -3.16. The van der Waals surface area contributed by atoms with Crippen LogP contribution >= 0.6 is 0 Å². The Morgan fingerprint density at radius 1 is 1.19 bits per heavy atom. The fraction of sp³-hybridized carbons (Fsp3) is 0.182. The van der Waals surface area contributed by atoms with E-state index in [1.807, 2.05) is 0 Å². The van der Waals surface area contributed by atoms with Crippen LogP contribution in [0.1, 0.15) is 27.7 Å². The monoisotopic (exact) mass is 459 g/mol. The van der Waals surface area contributed by atoms with Crippen molar-refractivity contribution in [3.8, 4) is 0 Å². The second-order valence-corrected chi connectivity index (χ2v) is 9.22. The number of hydrogen-bond acceptors (Lipinski definition) is 3. The van der Waals surface area contributed by atoms with Crippen LogP contribution in [0.2, 0.25) is 0 Å². The minimum atomic E-state index is -1.40. The maximum absolute atomic E-state index is 14.1. The highest BCUT2D eigenvalue weighted by molar-refractivity contribution is 7.90. The quantitative estimate of drug-likeness (QED) is 0.467. The number of nitrogens with zero attached hydrogens (tertiary/aromatic N) is 2. The SMILES string of the molecule is CN(C(=O)c1cc2c(F)cccn2c1)[C@H]1C[S@@+]([O-])Cc2[nH]c(=O)c3cc(F)c(F)cc3c21. The average molecular weight is 459 g/mol. The van der Waals surface area contributed by atoms with Crippen molar-refractivity contribution in [3.05, 3.63) is 87.4 Å². The molecule has 10 heteroatoms. The number of H-pyrrole nitrogens is 1. The lowest BCUT2D eigenvalue weighted by Gasteiger charge is -2.34. The molecule has 1 amide bonds. The number of halogens is 3. The molecule has 0 saturated carbocycles. The van der Waals surface area contributed by atoms with Crippen LogP contribution < -0.4 is 5.56 Å². The van der Waals surface area contributed by atoms with Gasteiger partial charge >= 0.3 is 0 Å². The molecule has 5 rings (SSSR count). The summed E-state index contributed by atoms with van der Waals surface area (Å²) in [6, 6.07) is 5.18. The summed E-state index contributed by atoms with van der Waals surface area (Å²) >= 11 is -1.40. The maximum Gasteiger partial charge on any atom is 0.256 e. The molecule has 2 atom stereocenters. The molecular formula is C22H16F3N3O3S. The third-order valence-electron chi connectivity index (χ3n) is 5.78. The molecule has 6 nitrogen and oxygen atoms in total. The van der Waals surface area contributed by atoms with Gasteiger partial charge in [0.05, 0.1) is 22.2 Å². The number of hydrogen-bond donors (Lipinski definition) is 1. The Morgan fingerprint density at radius 3 is 2.62 bits per heavy atom. The van der Waals surface area contributed by atoms with Gasteiger partial charge in [0.2, 0.25) is 0 Å². The van der Waals surface area contributed by atoms with Crippen LogP contribution in [0.25, 0.3) is 16.3 Å². The second-order valence-electron chi connectivity index (χ2n) is 7.72. The van der Waals surface area contributed by atoms with Crippen LogP contribution in [0.5, 0.6) is 0 Å². The first-order valence-electron chi connectivity index (χ1n) is 9.66. The van der Waals surface area contributed by atoms with Gasteiger partial charge in [-0.3, -0.25) is 9.59 Å². The number of aromatic nitrogens is 2. The molecule has 0 radical (unpaired) electrons. The number of fused-ring (bicyclic) bond motifs is 4. The van der Waals surface area contributed by atoms with Gasteiger partial charge in [0.25, 0.3) is 11.5 Å². The predicted octanol–water partition coefficient (Wildman–Crippen LogP) is 3.27. The van der Waals surface area contributed by atoms with E-state index in [4.69, 9.17) is 0 Å². The smallest absolute Gasteiger partial charge is 0.256 e. The number of aromatic amines is 1. The Labute approximate surface area is 182 Å². The minimum absolute atomic E-state index is 0.0271. The van der Waals surface area contributed by atoms with E-state index in [0.29, 0.717) is 11.3 Å². The molecule has 0 bridgehead atoms. The molecule has 0 unspecified atom stereocenters. The van der Waals surface area contributed by atoms with Gasteiger partial charge in [-0.2, -0.15) is 0 Å². The molecule has 1 aliphatic heterocycles. The zero-order valence-electron chi connectivity index (χ0n) is 16.7. The number of nitrogens with one attached hydrogen (secondary N) is 1. The lowest BCUT2D eigenvalue weighted by Crippen LogP contribution is -2.39. The van der Waals surface area contributed by atoms with Gasteiger partial charge in [-0.05, 0) is 46.9 Å². The van der Waals surface area contributed by atoms with Crippen LogP contribution in [-0.4, -0.2) is 37.5 Å². The largest absolute Gasteiger partial charge is 0.616 e. The molecule has 164 valence electrons. The maximum atomic E-state index is 14.1.